The van der Waals surface area contributed by atoms with Crippen molar-refractivity contribution < 1.29 is 4.42 Å². The maximum Gasteiger partial charge on any atom is 0.117 e. The summed E-state index contributed by atoms with van der Waals surface area (Å²) >= 11 is 0. The van der Waals surface area contributed by atoms with Crippen molar-refractivity contribution in [3.8, 4) is 0 Å². The van der Waals surface area contributed by atoms with Crippen LogP contribution in [0.15, 0.2) is 22.8 Å². The average molecular weight is 220 g/mol. The molecule has 3 heteroatoms. The van der Waals surface area contributed by atoms with Gasteiger partial charge in [0, 0.05) is 18.1 Å². The van der Waals surface area contributed by atoms with Crippen LogP contribution >= 0.6 is 0 Å². The number of piperidine rings is 1. The van der Waals surface area contributed by atoms with Gasteiger partial charge in [-0.2, -0.15) is 0 Å². The Kier molecular flexibility index (Phi) is 2.74. The standard InChI is InChI=1S/C13H20N2O/c1-15(9-13-3-2-6-16-13)12-7-10-4-5-11(8-12)14-10/h2-3,6,10-12,14H,4-5,7-9H2,1H3. The Balaban J connectivity index is 1.60. The zero-order chi connectivity index (χ0) is 11.0. The SMILES string of the molecule is CN(Cc1ccco1)C1CC2CCC(C1)N2. The van der Waals surface area contributed by atoms with Crippen LogP contribution in [-0.2, 0) is 6.54 Å². The minimum absolute atomic E-state index is 0.726. The van der Waals surface area contributed by atoms with E-state index in [1.54, 1.807) is 6.26 Å². The van der Waals surface area contributed by atoms with E-state index in [1.165, 1.54) is 25.7 Å². The molecule has 3 rings (SSSR count). The van der Waals surface area contributed by atoms with Crippen LogP contribution < -0.4 is 5.32 Å². The van der Waals surface area contributed by atoms with Gasteiger partial charge in [-0.25, -0.2) is 0 Å². The molecule has 3 heterocycles. The summed E-state index contributed by atoms with van der Waals surface area (Å²) in [5, 5.41) is 3.68. The summed E-state index contributed by atoms with van der Waals surface area (Å²) in [6, 6.07) is 6.29. The second kappa shape index (κ2) is 4.22. The van der Waals surface area contributed by atoms with Crippen LogP contribution in [0.4, 0.5) is 0 Å². The highest BCUT2D eigenvalue weighted by atomic mass is 16.3. The molecular weight excluding hydrogens is 200 g/mol. The number of nitrogens with one attached hydrogen (secondary N) is 1. The lowest BCUT2D eigenvalue weighted by Crippen LogP contribution is -2.46. The molecule has 0 radical (unpaired) electrons. The van der Waals surface area contributed by atoms with Crippen LogP contribution in [0.1, 0.15) is 31.4 Å². The third kappa shape index (κ3) is 2.02. The highest BCUT2D eigenvalue weighted by Gasteiger charge is 2.35. The lowest BCUT2D eigenvalue weighted by molar-refractivity contribution is 0.156. The summed E-state index contributed by atoms with van der Waals surface area (Å²) in [6.45, 7) is 0.942. The zero-order valence-electron chi connectivity index (χ0n) is 9.86. The number of hydrogen-bond acceptors (Lipinski definition) is 3. The predicted octanol–water partition coefficient (Wildman–Crippen LogP) is 1.99. The van der Waals surface area contributed by atoms with Gasteiger partial charge in [0.15, 0.2) is 0 Å². The molecule has 2 bridgehead atoms. The van der Waals surface area contributed by atoms with Gasteiger partial charge in [-0.3, -0.25) is 4.90 Å². The van der Waals surface area contributed by atoms with E-state index in [1.807, 2.05) is 6.07 Å². The molecular formula is C13H20N2O. The zero-order valence-corrected chi connectivity index (χ0v) is 9.86. The number of furan rings is 1. The first-order valence-corrected chi connectivity index (χ1v) is 6.30. The first kappa shape index (κ1) is 10.4. The van der Waals surface area contributed by atoms with E-state index < -0.39 is 0 Å². The van der Waals surface area contributed by atoms with Gasteiger partial charge < -0.3 is 9.73 Å². The highest BCUT2D eigenvalue weighted by Crippen LogP contribution is 2.29. The van der Waals surface area contributed by atoms with Crippen molar-refractivity contribution in [1.82, 2.24) is 10.2 Å². The average Bonchev–Trinajstić information content (AvgIpc) is 2.89. The van der Waals surface area contributed by atoms with E-state index in [4.69, 9.17) is 4.42 Å². The van der Waals surface area contributed by atoms with Gasteiger partial charge in [-0.15, -0.1) is 0 Å². The van der Waals surface area contributed by atoms with Gasteiger partial charge >= 0.3 is 0 Å². The molecule has 1 N–H and O–H groups in total. The Hall–Kier alpha value is -0.800. The molecule has 0 aliphatic carbocycles. The number of nitrogens with zero attached hydrogens (tertiary/aromatic N) is 1. The minimum Gasteiger partial charge on any atom is -0.468 e. The fraction of sp³-hybridized carbons (Fsp3) is 0.692. The largest absolute Gasteiger partial charge is 0.468 e. The van der Waals surface area contributed by atoms with Crippen molar-refractivity contribution >= 4 is 0 Å². The van der Waals surface area contributed by atoms with Crippen LogP contribution in [0.5, 0.6) is 0 Å². The Labute approximate surface area is 96.8 Å². The van der Waals surface area contributed by atoms with Crippen LogP contribution in [0, 0.1) is 0 Å². The van der Waals surface area contributed by atoms with Crippen molar-refractivity contribution in [2.24, 2.45) is 0 Å². The van der Waals surface area contributed by atoms with Crippen molar-refractivity contribution in [2.75, 3.05) is 7.05 Å². The number of hydrogen-bond donors (Lipinski definition) is 1. The summed E-state index contributed by atoms with van der Waals surface area (Å²) in [6.07, 6.45) is 7.10. The summed E-state index contributed by atoms with van der Waals surface area (Å²) in [4.78, 5) is 2.45. The van der Waals surface area contributed by atoms with Crippen molar-refractivity contribution in [3.05, 3.63) is 24.2 Å². The molecule has 0 saturated carbocycles. The smallest absolute Gasteiger partial charge is 0.117 e. The molecule has 2 aliphatic rings. The van der Waals surface area contributed by atoms with E-state index in [0.29, 0.717) is 0 Å². The number of fused-ring (bicyclic) bond motifs is 2. The summed E-state index contributed by atoms with van der Waals surface area (Å²) in [5.74, 6) is 1.08. The quantitative estimate of drug-likeness (QED) is 0.844. The molecule has 1 aromatic rings. The Morgan fingerprint density at radius 1 is 1.38 bits per heavy atom. The molecule has 2 saturated heterocycles. The van der Waals surface area contributed by atoms with Gasteiger partial charge in [-0.1, -0.05) is 0 Å². The van der Waals surface area contributed by atoms with Gasteiger partial charge in [0.25, 0.3) is 0 Å². The van der Waals surface area contributed by atoms with E-state index >= 15 is 0 Å². The van der Waals surface area contributed by atoms with Gasteiger partial charge in [0.05, 0.1) is 12.8 Å². The third-order valence-corrected chi connectivity index (χ3v) is 4.06. The van der Waals surface area contributed by atoms with Crippen molar-refractivity contribution in [3.63, 3.8) is 0 Å². The molecule has 3 nitrogen and oxygen atoms in total. The van der Waals surface area contributed by atoms with Crippen LogP contribution in [0.25, 0.3) is 0 Å². The van der Waals surface area contributed by atoms with E-state index in [9.17, 15) is 0 Å². The molecule has 2 unspecified atom stereocenters. The normalized spacial score (nSPS) is 33.5. The molecule has 88 valence electrons. The molecule has 1 aromatic heterocycles. The van der Waals surface area contributed by atoms with E-state index in [2.05, 4.69) is 23.3 Å². The second-order valence-electron chi connectivity index (χ2n) is 5.26. The highest BCUT2D eigenvalue weighted by molar-refractivity contribution is 5.00. The molecule has 0 spiro atoms. The molecule has 0 aromatic carbocycles. The van der Waals surface area contributed by atoms with Crippen molar-refractivity contribution in [2.45, 2.75) is 50.4 Å². The Morgan fingerprint density at radius 2 is 2.12 bits per heavy atom. The van der Waals surface area contributed by atoms with Gasteiger partial charge in [0.2, 0.25) is 0 Å². The lowest BCUT2D eigenvalue weighted by atomic mass is 9.98. The summed E-state index contributed by atoms with van der Waals surface area (Å²) in [7, 11) is 2.22. The topological polar surface area (TPSA) is 28.4 Å². The fourth-order valence-corrected chi connectivity index (χ4v) is 3.16. The lowest BCUT2D eigenvalue weighted by Gasteiger charge is -2.35. The minimum atomic E-state index is 0.726. The molecule has 16 heavy (non-hydrogen) atoms. The Bertz CT molecular complexity index is 324. The molecule has 0 amide bonds. The molecule has 2 fully saturated rings. The second-order valence-corrected chi connectivity index (χ2v) is 5.26. The first-order valence-electron chi connectivity index (χ1n) is 6.30. The summed E-state index contributed by atoms with van der Waals surface area (Å²) in [5.41, 5.74) is 0. The van der Waals surface area contributed by atoms with Crippen LogP contribution in [0.2, 0.25) is 0 Å². The van der Waals surface area contributed by atoms with Gasteiger partial charge in [-0.05, 0) is 44.9 Å². The molecule has 2 atom stereocenters. The Morgan fingerprint density at radius 3 is 2.75 bits per heavy atom. The molecule has 2 aliphatic heterocycles. The third-order valence-electron chi connectivity index (χ3n) is 4.06. The van der Waals surface area contributed by atoms with Gasteiger partial charge in [0.1, 0.15) is 5.76 Å². The van der Waals surface area contributed by atoms with E-state index in [0.717, 1.165) is 30.4 Å². The fourth-order valence-electron chi connectivity index (χ4n) is 3.16. The van der Waals surface area contributed by atoms with Crippen molar-refractivity contribution in [1.29, 1.82) is 0 Å². The van der Waals surface area contributed by atoms with Crippen LogP contribution in [-0.4, -0.2) is 30.1 Å². The maximum absolute atomic E-state index is 5.41. The van der Waals surface area contributed by atoms with Crippen LogP contribution in [0.3, 0.4) is 0 Å². The predicted molar refractivity (Wildman–Crippen MR) is 63.1 cm³/mol. The number of rotatable bonds is 3. The summed E-state index contributed by atoms with van der Waals surface area (Å²) < 4.78 is 5.41. The first-order chi connectivity index (χ1) is 7.81. The monoisotopic (exact) mass is 220 g/mol. The van der Waals surface area contributed by atoms with E-state index in [-0.39, 0.29) is 0 Å². The maximum atomic E-state index is 5.41.